The first-order valence-electron chi connectivity index (χ1n) is 4.52. The zero-order chi connectivity index (χ0) is 9.68. The quantitative estimate of drug-likeness (QED) is 0.767. The van der Waals surface area contributed by atoms with E-state index in [2.05, 4.69) is 6.92 Å². The van der Waals surface area contributed by atoms with Crippen LogP contribution in [0.4, 0.5) is 0 Å². The Morgan fingerprint density at radius 2 is 2.08 bits per heavy atom. The number of aryl methyl sites for hydroxylation is 1. The van der Waals surface area contributed by atoms with E-state index >= 15 is 0 Å². The summed E-state index contributed by atoms with van der Waals surface area (Å²) in [6.07, 6.45) is 2.24. The SMILES string of the molecule is CCCc1cccc(CC(=O)O)c1. The van der Waals surface area contributed by atoms with Crippen molar-refractivity contribution in [3.8, 4) is 0 Å². The van der Waals surface area contributed by atoms with Crippen molar-refractivity contribution in [3.05, 3.63) is 35.4 Å². The molecule has 70 valence electrons. The summed E-state index contributed by atoms with van der Waals surface area (Å²) in [5.74, 6) is -0.770. The van der Waals surface area contributed by atoms with Gasteiger partial charge in [-0.05, 0) is 17.5 Å². The largest absolute Gasteiger partial charge is 0.481 e. The van der Waals surface area contributed by atoms with Gasteiger partial charge in [0.25, 0.3) is 0 Å². The Labute approximate surface area is 78.2 Å². The second-order valence-electron chi connectivity index (χ2n) is 3.14. The lowest BCUT2D eigenvalue weighted by Crippen LogP contribution is -2.00. The predicted octanol–water partition coefficient (Wildman–Crippen LogP) is 2.27. The molecule has 0 atom stereocenters. The van der Waals surface area contributed by atoms with Gasteiger partial charge in [-0.1, -0.05) is 37.6 Å². The van der Waals surface area contributed by atoms with Crippen LogP contribution in [0.2, 0.25) is 0 Å². The molecule has 2 heteroatoms. The summed E-state index contributed by atoms with van der Waals surface area (Å²) < 4.78 is 0. The fourth-order valence-corrected chi connectivity index (χ4v) is 1.36. The van der Waals surface area contributed by atoms with Crippen molar-refractivity contribution in [2.45, 2.75) is 26.2 Å². The maximum atomic E-state index is 10.4. The van der Waals surface area contributed by atoms with Crippen LogP contribution >= 0.6 is 0 Å². The Bertz CT molecular complexity index is 292. The van der Waals surface area contributed by atoms with Crippen molar-refractivity contribution in [2.75, 3.05) is 0 Å². The molecule has 0 aliphatic heterocycles. The van der Waals surface area contributed by atoms with E-state index in [1.165, 1.54) is 5.56 Å². The third-order valence-electron chi connectivity index (χ3n) is 1.89. The molecule has 1 N–H and O–H groups in total. The van der Waals surface area contributed by atoms with Gasteiger partial charge in [-0.15, -0.1) is 0 Å². The van der Waals surface area contributed by atoms with Crippen molar-refractivity contribution in [2.24, 2.45) is 0 Å². The second kappa shape index (κ2) is 4.65. The van der Waals surface area contributed by atoms with Gasteiger partial charge < -0.3 is 5.11 Å². The van der Waals surface area contributed by atoms with Crippen LogP contribution in [0.3, 0.4) is 0 Å². The highest BCUT2D eigenvalue weighted by atomic mass is 16.4. The van der Waals surface area contributed by atoms with Gasteiger partial charge in [-0.3, -0.25) is 4.79 Å². The zero-order valence-electron chi connectivity index (χ0n) is 7.79. The van der Waals surface area contributed by atoms with Crippen molar-refractivity contribution >= 4 is 5.97 Å². The van der Waals surface area contributed by atoms with Crippen LogP contribution in [0.5, 0.6) is 0 Å². The fraction of sp³-hybridized carbons (Fsp3) is 0.364. The van der Waals surface area contributed by atoms with Crippen LogP contribution in [0.15, 0.2) is 24.3 Å². The monoisotopic (exact) mass is 178 g/mol. The van der Waals surface area contributed by atoms with E-state index in [9.17, 15) is 4.79 Å². The molecule has 0 unspecified atom stereocenters. The molecule has 0 saturated heterocycles. The summed E-state index contributed by atoms with van der Waals surface area (Å²) in [7, 11) is 0. The lowest BCUT2D eigenvalue weighted by atomic mass is 10.1. The van der Waals surface area contributed by atoms with Crippen LogP contribution in [-0.4, -0.2) is 11.1 Å². The van der Waals surface area contributed by atoms with Crippen molar-refractivity contribution in [3.63, 3.8) is 0 Å². The van der Waals surface area contributed by atoms with E-state index in [-0.39, 0.29) is 6.42 Å². The Balaban J connectivity index is 2.73. The molecule has 0 fully saturated rings. The highest BCUT2D eigenvalue weighted by Crippen LogP contribution is 2.08. The van der Waals surface area contributed by atoms with E-state index in [0.29, 0.717) is 0 Å². The first-order chi connectivity index (χ1) is 6.22. The van der Waals surface area contributed by atoms with E-state index in [1.807, 2.05) is 24.3 Å². The molecule has 0 bridgehead atoms. The number of benzene rings is 1. The van der Waals surface area contributed by atoms with Gasteiger partial charge in [-0.2, -0.15) is 0 Å². The Morgan fingerprint density at radius 3 is 2.69 bits per heavy atom. The van der Waals surface area contributed by atoms with Gasteiger partial charge in [0.15, 0.2) is 0 Å². The average molecular weight is 178 g/mol. The molecule has 0 amide bonds. The van der Waals surface area contributed by atoms with Crippen LogP contribution in [-0.2, 0) is 17.6 Å². The van der Waals surface area contributed by atoms with Gasteiger partial charge in [0, 0.05) is 0 Å². The molecule has 0 spiro atoms. The van der Waals surface area contributed by atoms with Crippen molar-refractivity contribution in [1.82, 2.24) is 0 Å². The van der Waals surface area contributed by atoms with E-state index in [0.717, 1.165) is 18.4 Å². The molecule has 2 nitrogen and oxygen atoms in total. The van der Waals surface area contributed by atoms with Crippen LogP contribution < -0.4 is 0 Å². The van der Waals surface area contributed by atoms with Crippen molar-refractivity contribution in [1.29, 1.82) is 0 Å². The fourth-order valence-electron chi connectivity index (χ4n) is 1.36. The van der Waals surface area contributed by atoms with Crippen LogP contribution in [0, 0.1) is 0 Å². The molecule has 0 heterocycles. The van der Waals surface area contributed by atoms with Gasteiger partial charge >= 0.3 is 5.97 Å². The minimum Gasteiger partial charge on any atom is -0.481 e. The summed E-state index contributed by atoms with van der Waals surface area (Å²) in [6, 6.07) is 7.78. The third-order valence-corrected chi connectivity index (χ3v) is 1.89. The number of carbonyl (C=O) groups is 1. The second-order valence-corrected chi connectivity index (χ2v) is 3.14. The molecular formula is C11H14O2. The molecular weight excluding hydrogens is 164 g/mol. The molecule has 0 aromatic heterocycles. The number of hydrogen-bond acceptors (Lipinski definition) is 1. The van der Waals surface area contributed by atoms with Crippen molar-refractivity contribution < 1.29 is 9.90 Å². The summed E-state index contributed by atoms with van der Waals surface area (Å²) >= 11 is 0. The zero-order valence-corrected chi connectivity index (χ0v) is 7.79. The minimum absolute atomic E-state index is 0.123. The molecule has 13 heavy (non-hydrogen) atoms. The van der Waals surface area contributed by atoms with Gasteiger partial charge in [0.2, 0.25) is 0 Å². The van der Waals surface area contributed by atoms with E-state index < -0.39 is 5.97 Å². The number of hydrogen-bond donors (Lipinski definition) is 1. The average Bonchev–Trinajstić information content (AvgIpc) is 2.04. The van der Waals surface area contributed by atoms with Gasteiger partial charge in [-0.25, -0.2) is 0 Å². The maximum Gasteiger partial charge on any atom is 0.307 e. The first-order valence-corrected chi connectivity index (χ1v) is 4.52. The first kappa shape index (κ1) is 9.78. The Morgan fingerprint density at radius 1 is 1.38 bits per heavy atom. The topological polar surface area (TPSA) is 37.3 Å². The summed E-state index contributed by atoms with van der Waals surface area (Å²) in [5, 5.41) is 8.59. The molecule has 0 aliphatic rings. The maximum absolute atomic E-state index is 10.4. The number of aliphatic carboxylic acids is 1. The highest BCUT2D eigenvalue weighted by Gasteiger charge is 2.00. The number of carboxylic acid groups (broad SMARTS) is 1. The smallest absolute Gasteiger partial charge is 0.307 e. The Kier molecular flexibility index (Phi) is 3.50. The third kappa shape index (κ3) is 3.28. The lowest BCUT2D eigenvalue weighted by Gasteiger charge is -2.01. The molecule has 0 radical (unpaired) electrons. The highest BCUT2D eigenvalue weighted by molar-refractivity contribution is 5.70. The molecule has 1 aromatic rings. The predicted molar refractivity (Wildman–Crippen MR) is 51.8 cm³/mol. The molecule has 0 aliphatic carbocycles. The van der Waals surface area contributed by atoms with Gasteiger partial charge in [0.1, 0.15) is 0 Å². The molecule has 1 aromatic carbocycles. The number of carboxylic acids is 1. The number of rotatable bonds is 4. The van der Waals surface area contributed by atoms with E-state index in [4.69, 9.17) is 5.11 Å². The standard InChI is InChI=1S/C11H14O2/c1-2-4-9-5-3-6-10(7-9)8-11(12)13/h3,5-7H,2,4,8H2,1H3,(H,12,13). The molecule has 0 saturated carbocycles. The Hall–Kier alpha value is -1.31. The van der Waals surface area contributed by atoms with Crippen LogP contribution in [0.1, 0.15) is 24.5 Å². The molecule has 1 rings (SSSR count). The normalized spacial score (nSPS) is 9.92. The summed E-state index contributed by atoms with van der Waals surface area (Å²) in [5.41, 5.74) is 2.11. The van der Waals surface area contributed by atoms with Gasteiger partial charge in [0.05, 0.1) is 6.42 Å². The van der Waals surface area contributed by atoms with Crippen LogP contribution in [0.25, 0.3) is 0 Å². The lowest BCUT2D eigenvalue weighted by molar-refractivity contribution is -0.136. The minimum atomic E-state index is -0.770. The van der Waals surface area contributed by atoms with E-state index in [1.54, 1.807) is 0 Å². The summed E-state index contributed by atoms with van der Waals surface area (Å²) in [6.45, 7) is 2.11. The summed E-state index contributed by atoms with van der Waals surface area (Å²) in [4.78, 5) is 10.4.